The molecule has 0 fully saturated rings. The van der Waals surface area contributed by atoms with Gasteiger partial charge in [-0.3, -0.25) is 4.79 Å². The lowest BCUT2D eigenvalue weighted by atomic mass is 10.3. The van der Waals surface area contributed by atoms with Crippen molar-refractivity contribution in [3.63, 3.8) is 0 Å². The predicted octanol–water partition coefficient (Wildman–Crippen LogP) is 4.60. The topological polar surface area (TPSA) is 29.1 Å². The Labute approximate surface area is 126 Å². The maximum atomic E-state index is 13.0. The van der Waals surface area contributed by atoms with Crippen LogP contribution in [0.4, 0.5) is 10.1 Å². The van der Waals surface area contributed by atoms with Crippen LogP contribution in [-0.2, 0) is 4.79 Å². The molecular weight excluding hydrogens is 297 g/mol. The number of thioether (sulfide) groups is 1. The summed E-state index contributed by atoms with van der Waals surface area (Å²) in [4.78, 5) is 12.9. The number of carbonyl (C=O) groups excluding carboxylic acids is 1. The molecule has 104 valence electrons. The van der Waals surface area contributed by atoms with Crippen molar-refractivity contribution < 1.29 is 9.18 Å². The van der Waals surface area contributed by atoms with Crippen LogP contribution in [0.3, 0.4) is 0 Å². The van der Waals surface area contributed by atoms with Crippen LogP contribution in [0.2, 0.25) is 5.02 Å². The van der Waals surface area contributed by atoms with Crippen molar-refractivity contribution in [2.75, 3.05) is 11.1 Å². The molecule has 2 aromatic carbocycles. The first-order valence-corrected chi connectivity index (χ1v) is 7.44. The molecule has 0 aliphatic heterocycles. The minimum atomic E-state index is -0.496. The van der Waals surface area contributed by atoms with Gasteiger partial charge in [0.2, 0.25) is 5.91 Å². The molecular formula is C15H13ClFNOS. The summed E-state index contributed by atoms with van der Waals surface area (Å²) in [6.45, 7) is 0. The minimum absolute atomic E-state index is 0.00135. The van der Waals surface area contributed by atoms with Crippen LogP contribution in [0.1, 0.15) is 6.42 Å². The maximum Gasteiger partial charge on any atom is 0.225 e. The van der Waals surface area contributed by atoms with Gasteiger partial charge >= 0.3 is 0 Å². The third-order valence-electron chi connectivity index (χ3n) is 2.54. The lowest BCUT2D eigenvalue weighted by Crippen LogP contribution is -2.12. The normalized spacial score (nSPS) is 10.3. The second-order valence-corrected chi connectivity index (χ2v) is 5.66. The lowest BCUT2D eigenvalue weighted by Gasteiger charge is -2.06. The SMILES string of the molecule is O=C(CCSc1ccccc1)Nc1ccc(F)c(Cl)c1. The molecule has 0 saturated carbocycles. The number of carbonyl (C=O) groups is 1. The first-order chi connectivity index (χ1) is 9.65. The third-order valence-corrected chi connectivity index (χ3v) is 3.85. The molecule has 0 saturated heterocycles. The largest absolute Gasteiger partial charge is 0.326 e. The monoisotopic (exact) mass is 309 g/mol. The number of hydrogen-bond donors (Lipinski definition) is 1. The molecule has 2 nitrogen and oxygen atoms in total. The van der Waals surface area contributed by atoms with Crippen molar-refractivity contribution in [1.82, 2.24) is 0 Å². The molecule has 0 spiro atoms. The summed E-state index contributed by atoms with van der Waals surface area (Å²) in [5, 5.41) is 2.69. The van der Waals surface area contributed by atoms with Crippen LogP contribution < -0.4 is 5.32 Å². The number of halogens is 2. The quantitative estimate of drug-likeness (QED) is 0.818. The molecule has 1 N–H and O–H groups in total. The van der Waals surface area contributed by atoms with Gasteiger partial charge in [-0.2, -0.15) is 0 Å². The van der Waals surface area contributed by atoms with Crippen LogP contribution in [-0.4, -0.2) is 11.7 Å². The summed E-state index contributed by atoms with van der Waals surface area (Å²) < 4.78 is 13.0. The Kier molecular flexibility index (Phi) is 5.44. The standard InChI is InChI=1S/C15H13ClFNOS/c16-13-10-11(6-7-14(13)17)18-15(19)8-9-20-12-4-2-1-3-5-12/h1-7,10H,8-9H2,(H,18,19). The van der Waals surface area contributed by atoms with Gasteiger partial charge in [-0.25, -0.2) is 4.39 Å². The maximum absolute atomic E-state index is 13.0. The van der Waals surface area contributed by atoms with Crippen molar-refractivity contribution in [2.45, 2.75) is 11.3 Å². The smallest absolute Gasteiger partial charge is 0.225 e. The molecule has 2 rings (SSSR count). The van der Waals surface area contributed by atoms with E-state index in [1.54, 1.807) is 11.8 Å². The first kappa shape index (κ1) is 14.9. The molecule has 2 aromatic rings. The molecule has 5 heteroatoms. The van der Waals surface area contributed by atoms with Crippen LogP contribution in [0, 0.1) is 5.82 Å². The fourth-order valence-electron chi connectivity index (χ4n) is 1.58. The van der Waals surface area contributed by atoms with E-state index < -0.39 is 5.82 Å². The minimum Gasteiger partial charge on any atom is -0.326 e. The number of benzene rings is 2. The molecule has 1 amide bonds. The van der Waals surface area contributed by atoms with Crippen LogP contribution >= 0.6 is 23.4 Å². The Morgan fingerprint density at radius 3 is 2.65 bits per heavy atom. The van der Waals surface area contributed by atoms with E-state index in [1.165, 1.54) is 18.2 Å². The number of anilines is 1. The fraction of sp³-hybridized carbons (Fsp3) is 0.133. The predicted molar refractivity (Wildman–Crippen MR) is 81.8 cm³/mol. The Morgan fingerprint density at radius 1 is 1.20 bits per heavy atom. The van der Waals surface area contributed by atoms with E-state index in [4.69, 9.17) is 11.6 Å². The molecule has 0 aliphatic rings. The van der Waals surface area contributed by atoms with E-state index in [2.05, 4.69) is 5.32 Å². The summed E-state index contributed by atoms with van der Waals surface area (Å²) in [5.41, 5.74) is 0.506. The van der Waals surface area contributed by atoms with Gasteiger partial charge in [0.25, 0.3) is 0 Å². The second-order valence-electron chi connectivity index (χ2n) is 4.09. The van der Waals surface area contributed by atoms with Gasteiger partial charge in [-0.1, -0.05) is 29.8 Å². The van der Waals surface area contributed by atoms with E-state index in [1.807, 2.05) is 30.3 Å². The van der Waals surface area contributed by atoms with E-state index in [9.17, 15) is 9.18 Å². The van der Waals surface area contributed by atoms with Crippen LogP contribution in [0.25, 0.3) is 0 Å². The molecule has 0 aliphatic carbocycles. The number of hydrogen-bond acceptors (Lipinski definition) is 2. The Hall–Kier alpha value is -1.52. The van der Waals surface area contributed by atoms with Crippen LogP contribution in [0.5, 0.6) is 0 Å². The molecule has 0 heterocycles. The van der Waals surface area contributed by atoms with Crippen molar-refractivity contribution in [3.05, 3.63) is 59.4 Å². The Bertz CT molecular complexity index is 592. The van der Waals surface area contributed by atoms with Gasteiger partial charge in [0.15, 0.2) is 0 Å². The number of rotatable bonds is 5. The Balaban J connectivity index is 1.79. The zero-order valence-electron chi connectivity index (χ0n) is 10.6. The highest BCUT2D eigenvalue weighted by atomic mass is 35.5. The van der Waals surface area contributed by atoms with E-state index >= 15 is 0 Å². The van der Waals surface area contributed by atoms with Crippen molar-refractivity contribution in [2.24, 2.45) is 0 Å². The molecule has 0 atom stereocenters. The summed E-state index contributed by atoms with van der Waals surface area (Å²) in [6, 6.07) is 14.0. The van der Waals surface area contributed by atoms with Crippen molar-refractivity contribution in [3.8, 4) is 0 Å². The van der Waals surface area contributed by atoms with E-state index in [0.29, 0.717) is 17.9 Å². The number of nitrogens with one attached hydrogen (secondary N) is 1. The summed E-state index contributed by atoms with van der Waals surface area (Å²) >= 11 is 7.27. The van der Waals surface area contributed by atoms with Gasteiger partial charge < -0.3 is 5.32 Å². The van der Waals surface area contributed by atoms with E-state index in [-0.39, 0.29) is 10.9 Å². The summed E-state index contributed by atoms with van der Waals surface area (Å²) in [5.74, 6) is 0.0746. The molecule has 0 bridgehead atoms. The third kappa shape index (κ3) is 4.54. The average molecular weight is 310 g/mol. The second kappa shape index (κ2) is 7.31. The van der Waals surface area contributed by atoms with Gasteiger partial charge in [0.05, 0.1) is 5.02 Å². The van der Waals surface area contributed by atoms with Gasteiger partial charge in [-0.15, -0.1) is 11.8 Å². The average Bonchev–Trinajstić information content (AvgIpc) is 2.44. The zero-order valence-corrected chi connectivity index (χ0v) is 12.2. The lowest BCUT2D eigenvalue weighted by molar-refractivity contribution is -0.115. The van der Waals surface area contributed by atoms with Gasteiger partial charge in [-0.05, 0) is 30.3 Å². The highest BCUT2D eigenvalue weighted by molar-refractivity contribution is 7.99. The highest BCUT2D eigenvalue weighted by Crippen LogP contribution is 2.20. The molecule has 20 heavy (non-hydrogen) atoms. The number of amides is 1. The van der Waals surface area contributed by atoms with Gasteiger partial charge in [0.1, 0.15) is 5.82 Å². The zero-order chi connectivity index (χ0) is 14.4. The van der Waals surface area contributed by atoms with Crippen LogP contribution in [0.15, 0.2) is 53.4 Å². The Morgan fingerprint density at radius 2 is 1.95 bits per heavy atom. The first-order valence-electron chi connectivity index (χ1n) is 6.08. The molecule has 0 radical (unpaired) electrons. The fourth-order valence-corrected chi connectivity index (χ4v) is 2.63. The van der Waals surface area contributed by atoms with E-state index in [0.717, 1.165) is 4.90 Å². The molecule has 0 unspecified atom stereocenters. The van der Waals surface area contributed by atoms with Gasteiger partial charge in [0, 0.05) is 22.8 Å². The summed E-state index contributed by atoms with van der Waals surface area (Å²) in [6.07, 6.45) is 0.383. The highest BCUT2D eigenvalue weighted by Gasteiger charge is 2.05. The summed E-state index contributed by atoms with van der Waals surface area (Å²) in [7, 11) is 0. The van der Waals surface area contributed by atoms with Crippen molar-refractivity contribution >= 4 is 35.0 Å². The van der Waals surface area contributed by atoms with Crippen molar-refractivity contribution in [1.29, 1.82) is 0 Å². The molecule has 0 aromatic heterocycles.